The number of nitrogens with zero attached hydrogens (tertiary/aromatic N) is 3. The average Bonchev–Trinajstić information content (AvgIpc) is 2.31. The highest BCUT2D eigenvalue weighted by molar-refractivity contribution is 6.22. The van der Waals surface area contributed by atoms with Crippen LogP contribution in [0.4, 0.5) is 4.39 Å². The lowest BCUT2D eigenvalue weighted by molar-refractivity contribution is 0.612. The number of aromatic nitrogens is 2. The molecule has 0 unspecified atom stereocenters. The van der Waals surface area contributed by atoms with Crippen LogP contribution in [-0.4, -0.2) is 22.7 Å². The van der Waals surface area contributed by atoms with E-state index in [1.165, 1.54) is 0 Å². The molecular weight excluding hydrogens is 219 g/mol. The molecule has 1 rings (SSSR count). The lowest BCUT2D eigenvalue weighted by Crippen LogP contribution is -2.15. The van der Waals surface area contributed by atoms with Gasteiger partial charge < -0.3 is 5.73 Å². The second kappa shape index (κ2) is 5.52. The molecule has 0 bridgehead atoms. The summed E-state index contributed by atoms with van der Waals surface area (Å²) < 4.78 is 12.8. The van der Waals surface area contributed by atoms with Gasteiger partial charge in [0.05, 0.1) is 18.0 Å². The van der Waals surface area contributed by atoms with Gasteiger partial charge >= 0.3 is 0 Å². The molecule has 0 saturated heterocycles. The number of hydrogen-bond donors (Lipinski definition) is 1. The Morgan fingerprint density at radius 3 is 2.29 bits per heavy atom. The molecule has 0 aliphatic carbocycles. The quantitative estimate of drug-likeness (QED) is 0.817. The van der Waals surface area contributed by atoms with Crippen LogP contribution in [0.25, 0.3) is 5.57 Å². The average molecular weight is 236 g/mol. The Morgan fingerprint density at radius 2 is 1.88 bits per heavy atom. The first-order chi connectivity index (χ1) is 7.97. The van der Waals surface area contributed by atoms with E-state index in [1.807, 2.05) is 20.8 Å². The van der Waals surface area contributed by atoms with E-state index in [0.717, 1.165) is 18.1 Å². The van der Waals surface area contributed by atoms with Gasteiger partial charge in [0.25, 0.3) is 0 Å². The Morgan fingerprint density at radius 1 is 1.35 bits per heavy atom. The number of hydrogen-bond acceptors (Lipinski definition) is 4. The van der Waals surface area contributed by atoms with E-state index in [-0.39, 0.29) is 5.92 Å². The number of aliphatic imine (C=N–C) groups is 1. The number of rotatable bonds is 3. The highest BCUT2D eigenvalue weighted by atomic mass is 19.1. The molecule has 0 fully saturated rings. The van der Waals surface area contributed by atoms with Crippen LogP contribution in [-0.2, 0) is 0 Å². The van der Waals surface area contributed by atoms with Gasteiger partial charge in [-0.2, -0.15) is 0 Å². The fourth-order valence-electron chi connectivity index (χ4n) is 1.34. The second-order valence-electron chi connectivity index (χ2n) is 4.02. The van der Waals surface area contributed by atoms with Crippen LogP contribution in [0.2, 0.25) is 0 Å². The zero-order valence-electron chi connectivity index (χ0n) is 10.5. The third-order valence-electron chi connectivity index (χ3n) is 2.45. The SMILES string of the molecule is CN=C(C)/C(=C(\N)C(C)C)c1ncc(F)cn1. The van der Waals surface area contributed by atoms with E-state index in [2.05, 4.69) is 15.0 Å². The number of nitrogens with two attached hydrogens (primary N) is 1. The molecule has 0 spiro atoms. The fourth-order valence-corrected chi connectivity index (χ4v) is 1.34. The predicted molar refractivity (Wildman–Crippen MR) is 67.0 cm³/mol. The van der Waals surface area contributed by atoms with Crippen molar-refractivity contribution in [3.05, 3.63) is 29.7 Å². The molecule has 0 radical (unpaired) electrons. The van der Waals surface area contributed by atoms with E-state index in [4.69, 9.17) is 5.73 Å². The smallest absolute Gasteiger partial charge is 0.162 e. The first kappa shape index (κ1) is 13.3. The standard InChI is InChI=1S/C12H17FN4/c1-7(2)11(14)10(8(3)15-4)12-16-5-9(13)6-17-12/h5-7H,14H2,1-4H3/b11-10+,15-8?. The third-order valence-corrected chi connectivity index (χ3v) is 2.45. The summed E-state index contributed by atoms with van der Waals surface area (Å²) in [6.45, 7) is 5.78. The van der Waals surface area contributed by atoms with Gasteiger partial charge in [0.1, 0.15) is 0 Å². The second-order valence-corrected chi connectivity index (χ2v) is 4.02. The third kappa shape index (κ3) is 3.09. The topological polar surface area (TPSA) is 64.2 Å². The van der Waals surface area contributed by atoms with Crippen molar-refractivity contribution in [3.8, 4) is 0 Å². The predicted octanol–water partition coefficient (Wildman–Crippen LogP) is 2.03. The van der Waals surface area contributed by atoms with Crippen LogP contribution >= 0.6 is 0 Å². The molecule has 1 aromatic heterocycles. The van der Waals surface area contributed by atoms with Crippen LogP contribution in [0, 0.1) is 11.7 Å². The molecule has 5 heteroatoms. The molecule has 0 aromatic carbocycles. The minimum absolute atomic E-state index is 0.148. The number of allylic oxidation sites excluding steroid dienone is 2. The van der Waals surface area contributed by atoms with Crippen molar-refractivity contribution in [3.63, 3.8) is 0 Å². The Bertz CT molecular complexity index is 446. The molecule has 0 aliphatic rings. The van der Waals surface area contributed by atoms with Gasteiger partial charge in [-0.25, -0.2) is 14.4 Å². The van der Waals surface area contributed by atoms with Crippen molar-refractivity contribution in [1.82, 2.24) is 9.97 Å². The molecular formula is C12H17FN4. The van der Waals surface area contributed by atoms with E-state index in [9.17, 15) is 4.39 Å². The van der Waals surface area contributed by atoms with Gasteiger partial charge in [-0.05, 0) is 12.8 Å². The van der Waals surface area contributed by atoms with Crippen LogP contribution in [0.5, 0.6) is 0 Å². The Kier molecular flexibility index (Phi) is 4.31. The van der Waals surface area contributed by atoms with Crippen molar-refractivity contribution < 1.29 is 4.39 Å². The lowest BCUT2D eigenvalue weighted by atomic mass is 10.0. The summed E-state index contributed by atoms with van der Waals surface area (Å²) in [6, 6.07) is 0. The summed E-state index contributed by atoms with van der Waals surface area (Å²) in [5, 5.41) is 0. The Hall–Kier alpha value is -1.78. The van der Waals surface area contributed by atoms with E-state index >= 15 is 0 Å². The van der Waals surface area contributed by atoms with Crippen molar-refractivity contribution in [2.24, 2.45) is 16.6 Å². The van der Waals surface area contributed by atoms with Gasteiger partial charge in [0, 0.05) is 18.5 Å². The van der Waals surface area contributed by atoms with Gasteiger partial charge in [-0.15, -0.1) is 0 Å². The van der Waals surface area contributed by atoms with Crippen molar-refractivity contribution in [2.45, 2.75) is 20.8 Å². The molecule has 0 aliphatic heterocycles. The van der Waals surface area contributed by atoms with Crippen LogP contribution in [0.1, 0.15) is 26.6 Å². The molecule has 1 aromatic rings. The van der Waals surface area contributed by atoms with Gasteiger partial charge in [-0.3, -0.25) is 4.99 Å². The van der Waals surface area contributed by atoms with Crippen molar-refractivity contribution >= 4 is 11.3 Å². The molecule has 2 N–H and O–H groups in total. The van der Waals surface area contributed by atoms with Crippen LogP contribution in [0.15, 0.2) is 23.1 Å². The molecule has 92 valence electrons. The molecule has 0 amide bonds. The Labute approximate surface area is 101 Å². The van der Waals surface area contributed by atoms with Crippen molar-refractivity contribution in [1.29, 1.82) is 0 Å². The zero-order valence-corrected chi connectivity index (χ0v) is 10.5. The van der Waals surface area contributed by atoms with Gasteiger partial charge in [-0.1, -0.05) is 13.8 Å². The van der Waals surface area contributed by atoms with E-state index in [0.29, 0.717) is 17.1 Å². The first-order valence-corrected chi connectivity index (χ1v) is 5.38. The molecule has 0 saturated carbocycles. The van der Waals surface area contributed by atoms with Crippen LogP contribution < -0.4 is 5.73 Å². The maximum Gasteiger partial charge on any atom is 0.162 e. The van der Waals surface area contributed by atoms with E-state index in [1.54, 1.807) is 7.05 Å². The van der Waals surface area contributed by atoms with Gasteiger partial charge in [0.15, 0.2) is 11.6 Å². The summed E-state index contributed by atoms with van der Waals surface area (Å²) in [5.74, 6) is 0.0818. The summed E-state index contributed by atoms with van der Waals surface area (Å²) in [5.41, 5.74) is 8.11. The van der Waals surface area contributed by atoms with Crippen molar-refractivity contribution in [2.75, 3.05) is 7.05 Å². The Balaban J connectivity index is 3.35. The maximum absolute atomic E-state index is 12.8. The molecule has 0 atom stereocenters. The maximum atomic E-state index is 12.8. The minimum atomic E-state index is -0.470. The highest BCUT2D eigenvalue weighted by Crippen LogP contribution is 2.19. The molecule has 1 heterocycles. The molecule has 4 nitrogen and oxygen atoms in total. The fraction of sp³-hybridized carbons (Fsp3) is 0.417. The molecule has 17 heavy (non-hydrogen) atoms. The summed E-state index contributed by atoms with van der Waals surface area (Å²) in [6.07, 6.45) is 2.25. The summed E-state index contributed by atoms with van der Waals surface area (Å²) >= 11 is 0. The summed E-state index contributed by atoms with van der Waals surface area (Å²) in [4.78, 5) is 12.0. The monoisotopic (exact) mass is 236 g/mol. The number of halogens is 1. The largest absolute Gasteiger partial charge is 0.401 e. The normalized spacial score (nSPS) is 13.9. The van der Waals surface area contributed by atoms with Gasteiger partial charge in [0.2, 0.25) is 0 Å². The summed E-state index contributed by atoms with van der Waals surface area (Å²) in [7, 11) is 1.67. The highest BCUT2D eigenvalue weighted by Gasteiger charge is 2.15. The zero-order chi connectivity index (χ0) is 13.0. The van der Waals surface area contributed by atoms with Crippen LogP contribution in [0.3, 0.4) is 0 Å². The lowest BCUT2D eigenvalue weighted by Gasteiger charge is -2.13. The minimum Gasteiger partial charge on any atom is -0.401 e. The van der Waals surface area contributed by atoms with E-state index < -0.39 is 5.82 Å². The first-order valence-electron chi connectivity index (χ1n) is 5.38.